The molecular weight excluding hydrogens is 290 g/mol. The van der Waals surface area contributed by atoms with Crippen molar-refractivity contribution in [2.75, 3.05) is 6.61 Å². The molecule has 1 aliphatic rings. The van der Waals surface area contributed by atoms with E-state index in [4.69, 9.17) is 10.5 Å². The Hall–Kier alpha value is -0.380. The van der Waals surface area contributed by atoms with E-state index in [0.29, 0.717) is 0 Å². The number of ether oxygens (including phenoxy) is 1. The number of nitrogens with two attached hydrogens (primary N) is 1. The predicted octanol–water partition coefficient (Wildman–Crippen LogP) is 4.04. The summed E-state index contributed by atoms with van der Waals surface area (Å²) in [4.78, 5) is 0. The molecule has 1 aliphatic carbocycles. The number of hydrogen-bond acceptors (Lipinski definition) is 2. The normalized spacial score (nSPS) is 19.3. The first-order valence-corrected chi connectivity index (χ1v) is 7.59. The summed E-state index contributed by atoms with van der Waals surface area (Å²) in [5.74, 6) is 0.887. The molecule has 1 saturated carbocycles. The average Bonchev–Trinajstić information content (AvgIpc) is 2.28. The van der Waals surface area contributed by atoms with Gasteiger partial charge in [0.2, 0.25) is 0 Å². The van der Waals surface area contributed by atoms with Gasteiger partial charge >= 0.3 is 0 Å². The van der Waals surface area contributed by atoms with Crippen LogP contribution in [0.1, 0.15) is 44.3 Å². The van der Waals surface area contributed by atoms with Crippen molar-refractivity contribution in [2.45, 2.75) is 44.8 Å². The minimum Gasteiger partial charge on any atom is -0.372 e. The van der Waals surface area contributed by atoms with Crippen LogP contribution >= 0.6 is 15.9 Å². The minimum absolute atomic E-state index is 0.00471. The fourth-order valence-electron chi connectivity index (χ4n) is 2.37. The molecule has 0 spiro atoms. The van der Waals surface area contributed by atoms with Gasteiger partial charge in [0.1, 0.15) is 0 Å². The summed E-state index contributed by atoms with van der Waals surface area (Å²) in [7, 11) is 0. The molecule has 0 heterocycles. The molecule has 2 unspecified atom stereocenters. The lowest BCUT2D eigenvalue weighted by Crippen LogP contribution is -2.28. The highest BCUT2D eigenvalue weighted by Gasteiger charge is 2.21. The standard InChI is InChI=1S/C15H22BrNO/c1-11(17)15(13-7-2-3-8-14(13)16)18-10-9-12-5-4-6-12/h2-3,7-8,11-12,15H,4-6,9-10,17H2,1H3. The predicted molar refractivity (Wildman–Crippen MR) is 78.4 cm³/mol. The molecular formula is C15H22BrNO. The molecule has 3 heteroatoms. The Labute approximate surface area is 118 Å². The zero-order valence-electron chi connectivity index (χ0n) is 10.9. The molecule has 0 saturated heterocycles. The first kappa shape index (κ1) is 14.0. The number of rotatable bonds is 6. The Morgan fingerprint density at radius 3 is 2.67 bits per heavy atom. The summed E-state index contributed by atoms with van der Waals surface area (Å²) in [5, 5.41) is 0. The molecule has 2 rings (SSSR count). The first-order chi connectivity index (χ1) is 8.68. The second-order valence-corrected chi connectivity index (χ2v) is 6.11. The van der Waals surface area contributed by atoms with E-state index >= 15 is 0 Å². The number of benzene rings is 1. The fraction of sp³-hybridized carbons (Fsp3) is 0.600. The fourth-order valence-corrected chi connectivity index (χ4v) is 2.88. The van der Waals surface area contributed by atoms with Crippen LogP contribution in [0, 0.1) is 5.92 Å². The van der Waals surface area contributed by atoms with Crippen LogP contribution in [0.15, 0.2) is 28.7 Å². The highest BCUT2D eigenvalue weighted by molar-refractivity contribution is 9.10. The van der Waals surface area contributed by atoms with Crippen LogP contribution in [0.5, 0.6) is 0 Å². The first-order valence-electron chi connectivity index (χ1n) is 6.80. The van der Waals surface area contributed by atoms with Gasteiger partial charge in [-0.15, -0.1) is 0 Å². The van der Waals surface area contributed by atoms with Gasteiger partial charge in [-0.05, 0) is 30.9 Å². The lowest BCUT2D eigenvalue weighted by atomic mass is 9.83. The SMILES string of the molecule is CC(N)C(OCCC1CCC1)c1ccccc1Br. The molecule has 0 bridgehead atoms. The molecule has 1 fully saturated rings. The third kappa shape index (κ3) is 3.56. The van der Waals surface area contributed by atoms with E-state index in [9.17, 15) is 0 Å². The third-order valence-corrected chi connectivity index (χ3v) is 4.46. The minimum atomic E-state index is -0.0133. The Morgan fingerprint density at radius 2 is 2.11 bits per heavy atom. The van der Waals surface area contributed by atoms with Crippen LogP contribution < -0.4 is 5.73 Å². The van der Waals surface area contributed by atoms with Crippen molar-refractivity contribution in [1.82, 2.24) is 0 Å². The van der Waals surface area contributed by atoms with E-state index < -0.39 is 0 Å². The van der Waals surface area contributed by atoms with Gasteiger partial charge in [-0.25, -0.2) is 0 Å². The third-order valence-electron chi connectivity index (χ3n) is 3.74. The van der Waals surface area contributed by atoms with Gasteiger partial charge < -0.3 is 10.5 Å². The Kier molecular flexibility index (Phi) is 5.22. The molecule has 0 aromatic heterocycles. The number of halogens is 1. The van der Waals surface area contributed by atoms with Crippen LogP contribution in [0.25, 0.3) is 0 Å². The topological polar surface area (TPSA) is 35.2 Å². The van der Waals surface area contributed by atoms with Gasteiger partial charge in [0, 0.05) is 17.1 Å². The average molecular weight is 312 g/mol. The quantitative estimate of drug-likeness (QED) is 0.860. The van der Waals surface area contributed by atoms with Crippen LogP contribution in [0.3, 0.4) is 0 Å². The van der Waals surface area contributed by atoms with Crippen LogP contribution in [0.4, 0.5) is 0 Å². The van der Waals surface area contributed by atoms with Gasteiger partial charge in [-0.2, -0.15) is 0 Å². The van der Waals surface area contributed by atoms with Crippen LogP contribution in [0.2, 0.25) is 0 Å². The van der Waals surface area contributed by atoms with Gasteiger partial charge in [-0.3, -0.25) is 0 Å². The van der Waals surface area contributed by atoms with Crippen molar-refractivity contribution < 1.29 is 4.74 Å². The van der Waals surface area contributed by atoms with Crippen molar-refractivity contribution in [3.8, 4) is 0 Å². The zero-order valence-corrected chi connectivity index (χ0v) is 12.5. The molecule has 1 aromatic rings. The van der Waals surface area contributed by atoms with Crippen molar-refractivity contribution in [2.24, 2.45) is 11.7 Å². The van der Waals surface area contributed by atoms with E-state index in [2.05, 4.69) is 22.0 Å². The van der Waals surface area contributed by atoms with Crippen molar-refractivity contribution in [3.63, 3.8) is 0 Å². The van der Waals surface area contributed by atoms with E-state index in [1.54, 1.807) is 0 Å². The maximum absolute atomic E-state index is 6.06. The summed E-state index contributed by atoms with van der Waals surface area (Å²) in [6, 6.07) is 8.18. The molecule has 100 valence electrons. The molecule has 2 N–H and O–H groups in total. The molecule has 18 heavy (non-hydrogen) atoms. The molecule has 2 nitrogen and oxygen atoms in total. The van der Waals surface area contributed by atoms with E-state index in [1.165, 1.54) is 25.7 Å². The van der Waals surface area contributed by atoms with Gasteiger partial charge in [0.15, 0.2) is 0 Å². The van der Waals surface area contributed by atoms with E-state index in [1.807, 2.05) is 25.1 Å². The summed E-state index contributed by atoms with van der Waals surface area (Å²) in [6.45, 7) is 2.83. The van der Waals surface area contributed by atoms with Crippen LogP contribution in [-0.2, 0) is 4.74 Å². The van der Waals surface area contributed by atoms with E-state index in [0.717, 1.165) is 22.6 Å². The molecule has 0 radical (unpaired) electrons. The summed E-state index contributed by atoms with van der Waals surface area (Å²) < 4.78 is 7.10. The summed E-state index contributed by atoms with van der Waals surface area (Å²) in [6.07, 6.45) is 5.31. The highest BCUT2D eigenvalue weighted by Crippen LogP contribution is 2.31. The van der Waals surface area contributed by atoms with Gasteiger partial charge in [-0.1, -0.05) is 53.4 Å². The summed E-state index contributed by atoms with van der Waals surface area (Å²) >= 11 is 3.58. The highest BCUT2D eigenvalue weighted by atomic mass is 79.9. The van der Waals surface area contributed by atoms with Crippen LogP contribution in [-0.4, -0.2) is 12.6 Å². The largest absolute Gasteiger partial charge is 0.372 e. The molecule has 2 atom stereocenters. The van der Waals surface area contributed by atoms with Crippen molar-refractivity contribution in [3.05, 3.63) is 34.3 Å². The molecule has 0 aliphatic heterocycles. The Balaban J connectivity index is 1.92. The van der Waals surface area contributed by atoms with E-state index in [-0.39, 0.29) is 12.1 Å². The summed E-state index contributed by atoms with van der Waals surface area (Å²) in [5.41, 5.74) is 7.21. The lowest BCUT2D eigenvalue weighted by molar-refractivity contribution is 0.0241. The smallest absolute Gasteiger partial charge is 0.0983 e. The van der Waals surface area contributed by atoms with Crippen molar-refractivity contribution >= 4 is 15.9 Å². The van der Waals surface area contributed by atoms with Crippen molar-refractivity contribution in [1.29, 1.82) is 0 Å². The maximum atomic E-state index is 6.06. The Bertz CT molecular complexity index is 377. The monoisotopic (exact) mass is 311 g/mol. The van der Waals surface area contributed by atoms with Gasteiger partial charge in [0.25, 0.3) is 0 Å². The second kappa shape index (κ2) is 6.69. The maximum Gasteiger partial charge on any atom is 0.0983 e. The van der Waals surface area contributed by atoms with Gasteiger partial charge in [0.05, 0.1) is 6.10 Å². The zero-order chi connectivity index (χ0) is 13.0. The second-order valence-electron chi connectivity index (χ2n) is 5.26. The molecule has 1 aromatic carbocycles. The number of hydrogen-bond donors (Lipinski definition) is 1. The lowest BCUT2D eigenvalue weighted by Gasteiger charge is -2.28. The Morgan fingerprint density at radius 1 is 1.39 bits per heavy atom. The molecule has 0 amide bonds.